The zero-order chi connectivity index (χ0) is 19.4. The fourth-order valence-corrected chi connectivity index (χ4v) is 3.22. The van der Waals surface area contributed by atoms with E-state index in [1.165, 1.54) is 7.11 Å². The van der Waals surface area contributed by atoms with Crippen molar-refractivity contribution in [2.24, 2.45) is 11.7 Å². The third-order valence-corrected chi connectivity index (χ3v) is 4.70. The maximum atomic E-state index is 12.5. The first-order valence-corrected chi connectivity index (χ1v) is 9.06. The summed E-state index contributed by atoms with van der Waals surface area (Å²) in [5, 5.41) is 5.56. The third-order valence-electron chi connectivity index (χ3n) is 4.70. The van der Waals surface area contributed by atoms with Gasteiger partial charge in [0.15, 0.2) is 0 Å². The quantitative estimate of drug-likeness (QED) is 0.612. The van der Waals surface area contributed by atoms with Crippen LogP contribution in [0.4, 0.5) is 16.2 Å². The lowest BCUT2D eigenvalue weighted by molar-refractivity contribution is -0.117. The summed E-state index contributed by atoms with van der Waals surface area (Å²) in [7, 11) is 1.30. The topological polar surface area (TPSA) is 122 Å². The molecule has 2 amide bonds. The zero-order valence-corrected chi connectivity index (χ0v) is 15.5. The molecule has 1 aliphatic rings. The number of aromatic amines is 1. The van der Waals surface area contributed by atoms with Crippen LogP contribution in [0.1, 0.15) is 44.5 Å². The molecule has 0 saturated carbocycles. The van der Waals surface area contributed by atoms with Crippen LogP contribution in [0.3, 0.4) is 0 Å². The molecule has 27 heavy (non-hydrogen) atoms. The smallest absolute Gasteiger partial charge is 0.411 e. The van der Waals surface area contributed by atoms with Crippen molar-refractivity contribution in [1.82, 2.24) is 9.97 Å². The number of carbonyl (C=O) groups excluding carboxylic acids is 2. The minimum atomic E-state index is -0.576. The van der Waals surface area contributed by atoms with E-state index in [-0.39, 0.29) is 17.9 Å². The van der Waals surface area contributed by atoms with E-state index < -0.39 is 6.09 Å². The molecule has 5 N–H and O–H groups in total. The second-order valence-electron chi connectivity index (χ2n) is 6.94. The monoisotopic (exact) mass is 371 g/mol. The van der Waals surface area contributed by atoms with Crippen molar-refractivity contribution in [3.63, 3.8) is 0 Å². The number of nitrogens with two attached hydrogens (primary N) is 1. The Morgan fingerprint density at radius 2 is 2.19 bits per heavy atom. The molecule has 1 aliphatic heterocycles. The number of carbonyl (C=O) groups is 2. The molecule has 1 unspecified atom stereocenters. The van der Waals surface area contributed by atoms with Crippen LogP contribution in [0.5, 0.6) is 0 Å². The maximum absolute atomic E-state index is 12.5. The molecule has 3 rings (SSSR count). The summed E-state index contributed by atoms with van der Waals surface area (Å²) in [6, 6.07) is 5.06. The molecule has 2 bridgehead atoms. The van der Waals surface area contributed by atoms with Crippen LogP contribution < -0.4 is 16.4 Å². The van der Waals surface area contributed by atoms with Gasteiger partial charge in [-0.05, 0) is 30.5 Å². The fraction of sp³-hybridized carbons (Fsp3) is 0.421. The van der Waals surface area contributed by atoms with E-state index in [0.29, 0.717) is 23.5 Å². The molecule has 0 spiro atoms. The lowest BCUT2D eigenvalue weighted by Crippen LogP contribution is -2.17. The molecule has 1 aromatic carbocycles. The van der Waals surface area contributed by atoms with E-state index in [1.54, 1.807) is 24.4 Å². The van der Waals surface area contributed by atoms with Crippen molar-refractivity contribution in [1.29, 1.82) is 0 Å². The predicted octanol–water partition coefficient (Wildman–Crippen LogP) is 3.40. The molecular formula is C19H25N5O3. The first kappa shape index (κ1) is 18.9. The maximum Gasteiger partial charge on any atom is 0.411 e. The van der Waals surface area contributed by atoms with Crippen LogP contribution >= 0.6 is 0 Å². The number of nitrogens with one attached hydrogen (secondary N) is 3. The minimum absolute atomic E-state index is 0.0710. The standard InChI is InChI=1S/C19H25N5O3/c1-11-4-3-5-14(20)18-21-10-16(24-18)13-7-6-12(22-19(26)27-2)9-15(13)23-17(25)8-11/h6-7,9-11,14H,3-5,8,20H2,1-2H3,(H,21,24)(H,22,26)(H,23,25)/t11?,14-/m0/s1. The molecule has 144 valence electrons. The van der Waals surface area contributed by atoms with Gasteiger partial charge in [0.1, 0.15) is 5.82 Å². The minimum Gasteiger partial charge on any atom is -0.453 e. The van der Waals surface area contributed by atoms with E-state index in [1.807, 2.05) is 0 Å². The number of fused-ring (bicyclic) bond motifs is 4. The molecule has 2 aromatic rings. The highest BCUT2D eigenvalue weighted by Crippen LogP contribution is 2.32. The predicted molar refractivity (Wildman–Crippen MR) is 103 cm³/mol. The van der Waals surface area contributed by atoms with Crippen LogP contribution in [0.15, 0.2) is 24.4 Å². The van der Waals surface area contributed by atoms with Gasteiger partial charge in [0.2, 0.25) is 5.91 Å². The lowest BCUT2D eigenvalue weighted by atomic mass is 9.98. The first-order chi connectivity index (χ1) is 13.0. The Kier molecular flexibility index (Phi) is 5.75. The molecule has 0 fully saturated rings. The number of aromatic nitrogens is 2. The summed E-state index contributed by atoms with van der Waals surface area (Å²) >= 11 is 0. The van der Waals surface area contributed by atoms with Gasteiger partial charge < -0.3 is 20.8 Å². The van der Waals surface area contributed by atoms with Gasteiger partial charge in [0, 0.05) is 23.9 Å². The number of benzene rings is 1. The lowest BCUT2D eigenvalue weighted by Gasteiger charge is -2.15. The van der Waals surface area contributed by atoms with E-state index in [4.69, 9.17) is 5.73 Å². The Morgan fingerprint density at radius 1 is 1.37 bits per heavy atom. The van der Waals surface area contributed by atoms with Gasteiger partial charge in [-0.2, -0.15) is 0 Å². The van der Waals surface area contributed by atoms with Crippen LogP contribution in [0.25, 0.3) is 11.3 Å². The Hall–Kier alpha value is -2.87. The average molecular weight is 371 g/mol. The molecule has 0 radical (unpaired) electrons. The number of nitrogens with zero attached hydrogens (tertiary/aromatic N) is 1. The zero-order valence-electron chi connectivity index (χ0n) is 15.5. The highest BCUT2D eigenvalue weighted by atomic mass is 16.5. The van der Waals surface area contributed by atoms with Crippen molar-refractivity contribution < 1.29 is 14.3 Å². The Morgan fingerprint density at radius 3 is 2.96 bits per heavy atom. The van der Waals surface area contributed by atoms with Crippen molar-refractivity contribution in [2.75, 3.05) is 17.7 Å². The summed E-state index contributed by atoms with van der Waals surface area (Å²) in [6.45, 7) is 2.06. The van der Waals surface area contributed by atoms with E-state index in [9.17, 15) is 9.59 Å². The molecule has 2 heterocycles. The Bertz CT molecular complexity index is 833. The van der Waals surface area contributed by atoms with E-state index in [2.05, 4.69) is 32.3 Å². The highest BCUT2D eigenvalue weighted by molar-refractivity contribution is 5.97. The number of amides is 2. The van der Waals surface area contributed by atoms with Crippen molar-refractivity contribution >= 4 is 23.4 Å². The second-order valence-corrected chi connectivity index (χ2v) is 6.94. The number of imidazole rings is 1. The van der Waals surface area contributed by atoms with Crippen LogP contribution in [-0.2, 0) is 9.53 Å². The van der Waals surface area contributed by atoms with Crippen molar-refractivity contribution in [2.45, 2.75) is 38.6 Å². The summed E-state index contributed by atoms with van der Waals surface area (Å²) in [5.74, 6) is 0.910. The number of methoxy groups -OCH3 is 1. The van der Waals surface area contributed by atoms with Crippen LogP contribution in [0.2, 0.25) is 0 Å². The van der Waals surface area contributed by atoms with Gasteiger partial charge in [-0.25, -0.2) is 9.78 Å². The largest absolute Gasteiger partial charge is 0.453 e. The molecule has 0 aliphatic carbocycles. The van der Waals surface area contributed by atoms with Gasteiger partial charge >= 0.3 is 6.09 Å². The number of hydrogen-bond donors (Lipinski definition) is 4. The van der Waals surface area contributed by atoms with E-state index >= 15 is 0 Å². The average Bonchev–Trinajstić information content (AvgIpc) is 3.11. The number of hydrogen-bond acceptors (Lipinski definition) is 5. The number of anilines is 2. The van der Waals surface area contributed by atoms with Gasteiger partial charge in [0.25, 0.3) is 0 Å². The molecule has 2 atom stereocenters. The Labute approximate surface area is 157 Å². The van der Waals surface area contributed by atoms with E-state index in [0.717, 1.165) is 30.7 Å². The summed E-state index contributed by atoms with van der Waals surface area (Å²) in [4.78, 5) is 31.7. The van der Waals surface area contributed by atoms with Gasteiger partial charge in [-0.3, -0.25) is 10.1 Å². The van der Waals surface area contributed by atoms with Gasteiger partial charge in [-0.15, -0.1) is 0 Å². The van der Waals surface area contributed by atoms with Crippen molar-refractivity contribution in [3.05, 3.63) is 30.2 Å². The molecular weight excluding hydrogens is 346 g/mol. The van der Waals surface area contributed by atoms with Crippen molar-refractivity contribution in [3.8, 4) is 11.3 Å². The summed E-state index contributed by atoms with van der Waals surface area (Å²) in [5.41, 5.74) is 8.78. The Balaban J connectivity index is 1.99. The van der Waals surface area contributed by atoms with Crippen LogP contribution in [0, 0.1) is 5.92 Å². The SMILES string of the molecule is COC(=O)Nc1ccc2c(c1)NC(=O)CC(C)CCC[C@H](N)c1nc-2c[nH]1. The summed E-state index contributed by atoms with van der Waals surface area (Å²) in [6.07, 6.45) is 4.30. The third kappa shape index (κ3) is 4.65. The molecule has 0 saturated heterocycles. The summed E-state index contributed by atoms with van der Waals surface area (Å²) < 4.78 is 4.63. The second kappa shape index (κ2) is 8.22. The fourth-order valence-electron chi connectivity index (χ4n) is 3.22. The number of rotatable bonds is 1. The van der Waals surface area contributed by atoms with Gasteiger partial charge in [0.05, 0.1) is 24.5 Å². The first-order valence-electron chi connectivity index (χ1n) is 9.06. The molecule has 1 aromatic heterocycles. The number of H-pyrrole nitrogens is 1. The highest BCUT2D eigenvalue weighted by Gasteiger charge is 2.18. The molecule has 8 nitrogen and oxygen atoms in total. The number of ether oxygens (including phenoxy) is 1. The van der Waals surface area contributed by atoms with Gasteiger partial charge in [-0.1, -0.05) is 19.8 Å². The van der Waals surface area contributed by atoms with Crippen LogP contribution in [-0.4, -0.2) is 29.1 Å². The normalized spacial score (nSPS) is 20.3. The molecule has 8 heteroatoms.